The fourth-order valence-corrected chi connectivity index (χ4v) is 4.89. The van der Waals surface area contributed by atoms with Crippen LogP contribution in [0.3, 0.4) is 0 Å². The Morgan fingerprint density at radius 2 is 1.71 bits per heavy atom. The number of nitro groups is 1. The Morgan fingerprint density at radius 3 is 2.29 bits per heavy atom. The molecule has 0 unspecified atom stereocenters. The van der Waals surface area contributed by atoms with Crippen molar-refractivity contribution in [1.29, 1.82) is 0 Å². The van der Waals surface area contributed by atoms with Gasteiger partial charge in [0.25, 0.3) is 5.69 Å². The van der Waals surface area contributed by atoms with E-state index in [1.165, 1.54) is 4.90 Å². The average molecular weight is 440 g/mol. The second-order valence-corrected chi connectivity index (χ2v) is 8.50. The van der Waals surface area contributed by atoms with Crippen molar-refractivity contribution >= 4 is 23.2 Å². The van der Waals surface area contributed by atoms with Crippen LogP contribution in [0, 0.1) is 15.5 Å². The fraction of sp³-hybridized carbons (Fsp3) is 0.600. The molecule has 0 bridgehead atoms. The van der Waals surface area contributed by atoms with E-state index in [4.69, 9.17) is 0 Å². The molecule has 2 saturated heterocycles. The van der Waals surface area contributed by atoms with Gasteiger partial charge in [-0.15, -0.1) is 0 Å². The molecule has 1 aliphatic carbocycles. The van der Waals surface area contributed by atoms with Crippen LogP contribution in [0.15, 0.2) is 18.2 Å². The smallest absolute Gasteiger partial charge is 0.363 e. The zero-order valence-electron chi connectivity index (χ0n) is 16.9. The predicted octanol–water partition coefficient (Wildman–Crippen LogP) is 3.01. The van der Waals surface area contributed by atoms with Gasteiger partial charge in [-0.25, -0.2) is 0 Å². The molecule has 2 heterocycles. The van der Waals surface area contributed by atoms with Crippen molar-refractivity contribution < 1.29 is 27.7 Å². The molecule has 3 fully saturated rings. The lowest BCUT2D eigenvalue weighted by atomic mass is 9.85. The molecule has 0 atom stereocenters. The fourth-order valence-electron chi connectivity index (χ4n) is 4.89. The number of hydrogen-bond donors (Lipinski definition) is 0. The third kappa shape index (κ3) is 3.98. The number of imide groups is 1. The first-order chi connectivity index (χ1) is 14.6. The number of rotatable bonds is 4. The van der Waals surface area contributed by atoms with Crippen LogP contribution in [0.5, 0.6) is 0 Å². The van der Waals surface area contributed by atoms with E-state index in [1.54, 1.807) is 4.90 Å². The molecular formula is C20H23F3N4O4. The van der Waals surface area contributed by atoms with E-state index < -0.39 is 27.8 Å². The summed E-state index contributed by atoms with van der Waals surface area (Å²) in [5.74, 6) is -0.261. The zero-order valence-corrected chi connectivity index (χ0v) is 16.9. The van der Waals surface area contributed by atoms with E-state index >= 15 is 0 Å². The van der Waals surface area contributed by atoms with Gasteiger partial charge in [0.05, 0.1) is 22.6 Å². The standard InChI is InChI=1S/C20H23F3N4O4/c21-20(22,23)14-3-4-15(16(11-14)27(30)31)25-9-7-24(8-10-25)13-26-17(28)12-19(18(26)29)5-1-2-6-19/h3-4,11H,1-2,5-10,12-13H2. The topological polar surface area (TPSA) is 87.0 Å². The molecule has 31 heavy (non-hydrogen) atoms. The van der Waals surface area contributed by atoms with Crippen molar-refractivity contribution in [1.82, 2.24) is 9.80 Å². The third-order valence-electron chi connectivity index (χ3n) is 6.60. The highest BCUT2D eigenvalue weighted by Crippen LogP contribution is 2.47. The van der Waals surface area contributed by atoms with Crippen LogP contribution in [-0.2, 0) is 15.8 Å². The number of alkyl halides is 3. The molecule has 168 valence electrons. The molecule has 1 saturated carbocycles. The second kappa shape index (κ2) is 7.77. The number of halogens is 3. The molecule has 1 spiro atoms. The van der Waals surface area contributed by atoms with Crippen LogP contribution in [0.1, 0.15) is 37.7 Å². The minimum absolute atomic E-state index is 0.101. The van der Waals surface area contributed by atoms with Crippen LogP contribution in [-0.4, -0.2) is 59.4 Å². The number of nitrogens with zero attached hydrogens (tertiary/aromatic N) is 4. The molecular weight excluding hydrogens is 417 g/mol. The Bertz CT molecular complexity index is 906. The summed E-state index contributed by atoms with van der Waals surface area (Å²) in [5, 5.41) is 11.4. The number of carbonyl (C=O) groups excluding carboxylic acids is 2. The summed E-state index contributed by atoms with van der Waals surface area (Å²) in [6, 6.07) is 2.54. The SMILES string of the molecule is O=C1CC2(CCCC2)C(=O)N1CN1CCN(c2ccc(C(F)(F)F)cc2[N+](=O)[O-])CC1. The number of likely N-dealkylation sites (tertiary alicyclic amines) is 1. The summed E-state index contributed by atoms with van der Waals surface area (Å²) in [7, 11) is 0. The maximum atomic E-state index is 12.9. The van der Waals surface area contributed by atoms with Gasteiger partial charge >= 0.3 is 6.18 Å². The summed E-state index contributed by atoms with van der Waals surface area (Å²) >= 11 is 0. The van der Waals surface area contributed by atoms with E-state index in [9.17, 15) is 32.9 Å². The van der Waals surface area contributed by atoms with Gasteiger partial charge in [-0.1, -0.05) is 12.8 Å². The van der Waals surface area contributed by atoms with E-state index in [0.29, 0.717) is 32.2 Å². The quantitative estimate of drug-likeness (QED) is 0.406. The van der Waals surface area contributed by atoms with Crippen molar-refractivity contribution in [2.75, 3.05) is 37.7 Å². The lowest BCUT2D eigenvalue weighted by molar-refractivity contribution is -0.384. The Kier molecular flexibility index (Phi) is 5.40. The van der Waals surface area contributed by atoms with Crippen molar-refractivity contribution in [3.8, 4) is 0 Å². The minimum Gasteiger partial charge on any atom is -0.363 e. The van der Waals surface area contributed by atoms with Gasteiger partial charge in [0.1, 0.15) is 5.69 Å². The second-order valence-electron chi connectivity index (χ2n) is 8.50. The summed E-state index contributed by atoms with van der Waals surface area (Å²) in [5.41, 5.74) is -2.04. The number of amides is 2. The Labute approximate surface area is 176 Å². The van der Waals surface area contributed by atoms with Gasteiger partial charge in [0, 0.05) is 38.7 Å². The summed E-state index contributed by atoms with van der Waals surface area (Å²) in [6.45, 7) is 1.73. The van der Waals surface area contributed by atoms with Crippen LogP contribution in [0.25, 0.3) is 0 Å². The molecule has 0 radical (unpaired) electrons. The van der Waals surface area contributed by atoms with Crippen molar-refractivity contribution in [3.63, 3.8) is 0 Å². The summed E-state index contributed by atoms with van der Waals surface area (Å²) in [4.78, 5) is 40.7. The Hall–Kier alpha value is -2.69. The first kappa shape index (κ1) is 21.5. The predicted molar refractivity (Wildman–Crippen MR) is 104 cm³/mol. The molecule has 3 aliphatic rings. The van der Waals surface area contributed by atoms with Crippen LogP contribution >= 0.6 is 0 Å². The number of nitro benzene ring substituents is 1. The van der Waals surface area contributed by atoms with E-state index in [-0.39, 0.29) is 30.6 Å². The maximum absolute atomic E-state index is 12.9. The molecule has 0 N–H and O–H groups in total. The van der Waals surface area contributed by atoms with Crippen molar-refractivity contribution in [3.05, 3.63) is 33.9 Å². The molecule has 0 aromatic heterocycles. The van der Waals surface area contributed by atoms with E-state index in [1.807, 2.05) is 4.90 Å². The molecule has 4 rings (SSSR count). The van der Waals surface area contributed by atoms with Gasteiger partial charge in [0.15, 0.2) is 0 Å². The summed E-state index contributed by atoms with van der Waals surface area (Å²) in [6.07, 6.45) is -0.981. The van der Waals surface area contributed by atoms with Gasteiger partial charge in [-0.2, -0.15) is 13.2 Å². The number of carbonyl (C=O) groups is 2. The molecule has 8 nitrogen and oxygen atoms in total. The molecule has 2 amide bonds. The van der Waals surface area contributed by atoms with Gasteiger partial charge in [-0.3, -0.25) is 29.5 Å². The van der Waals surface area contributed by atoms with Crippen LogP contribution in [0.4, 0.5) is 24.5 Å². The van der Waals surface area contributed by atoms with Crippen LogP contribution in [0.2, 0.25) is 0 Å². The minimum atomic E-state index is -4.66. The highest BCUT2D eigenvalue weighted by Gasteiger charge is 2.52. The monoisotopic (exact) mass is 440 g/mol. The van der Waals surface area contributed by atoms with Gasteiger partial charge < -0.3 is 4.90 Å². The third-order valence-corrected chi connectivity index (χ3v) is 6.60. The van der Waals surface area contributed by atoms with Gasteiger partial charge in [-0.05, 0) is 25.0 Å². The largest absolute Gasteiger partial charge is 0.416 e. The zero-order chi connectivity index (χ0) is 22.4. The number of benzene rings is 1. The first-order valence-corrected chi connectivity index (χ1v) is 10.3. The molecule has 1 aromatic rings. The van der Waals surface area contributed by atoms with E-state index in [2.05, 4.69) is 0 Å². The average Bonchev–Trinajstić information content (AvgIpc) is 3.28. The van der Waals surface area contributed by atoms with Crippen LogP contribution < -0.4 is 4.90 Å². The number of hydrogen-bond acceptors (Lipinski definition) is 6. The normalized spacial score (nSPS) is 22.0. The van der Waals surface area contributed by atoms with Crippen molar-refractivity contribution in [2.24, 2.45) is 5.41 Å². The summed E-state index contributed by atoms with van der Waals surface area (Å²) < 4.78 is 38.8. The highest BCUT2D eigenvalue weighted by atomic mass is 19.4. The number of anilines is 1. The number of piperazine rings is 1. The maximum Gasteiger partial charge on any atom is 0.416 e. The lowest BCUT2D eigenvalue weighted by Crippen LogP contribution is -2.51. The Morgan fingerprint density at radius 1 is 1.06 bits per heavy atom. The Balaban J connectivity index is 1.42. The highest BCUT2D eigenvalue weighted by molar-refractivity contribution is 6.06. The first-order valence-electron chi connectivity index (χ1n) is 10.3. The molecule has 2 aliphatic heterocycles. The van der Waals surface area contributed by atoms with E-state index in [0.717, 1.165) is 37.8 Å². The molecule has 1 aromatic carbocycles. The van der Waals surface area contributed by atoms with Crippen molar-refractivity contribution in [2.45, 2.75) is 38.3 Å². The lowest BCUT2D eigenvalue weighted by Gasteiger charge is -2.37. The molecule has 11 heteroatoms. The van der Waals surface area contributed by atoms with Gasteiger partial charge in [0.2, 0.25) is 11.8 Å².